The Morgan fingerprint density at radius 1 is 1.34 bits per heavy atom. The molecular weight excluding hydrogens is 517 g/mol. The van der Waals surface area contributed by atoms with Gasteiger partial charge in [-0.15, -0.1) is 11.3 Å². The van der Waals surface area contributed by atoms with Crippen molar-refractivity contribution >= 4 is 50.1 Å². The Hall–Kier alpha value is -2.41. The Balaban J connectivity index is 1.91. The van der Waals surface area contributed by atoms with Crippen LogP contribution in [-0.2, 0) is 22.3 Å². The number of hydrogen-bond donors (Lipinski definition) is 2. The van der Waals surface area contributed by atoms with Crippen molar-refractivity contribution in [2.24, 2.45) is 5.73 Å². The predicted molar refractivity (Wildman–Crippen MR) is 114 cm³/mol. The molecule has 0 atom stereocenters. The lowest BCUT2D eigenvalue weighted by Crippen LogP contribution is -2.22. The summed E-state index contributed by atoms with van der Waals surface area (Å²) in [6, 6.07) is 0. The van der Waals surface area contributed by atoms with E-state index in [1.54, 1.807) is 13.8 Å². The summed E-state index contributed by atoms with van der Waals surface area (Å²) >= 11 is 3.77. The number of rotatable bonds is 7. The molecule has 0 aromatic carbocycles. The number of carbonyl (C=O) groups excluding carboxylic acids is 3. The summed E-state index contributed by atoms with van der Waals surface area (Å²) < 4.78 is 45.9. The van der Waals surface area contributed by atoms with E-state index in [4.69, 9.17) is 10.5 Å². The van der Waals surface area contributed by atoms with Gasteiger partial charge in [-0.25, -0.2) is 4.79 Å². The number of alkyl halides is 3. The Morgan fingerprint density at radius 3 is 2.47 bits per heavy atom. The summed E-state index contributed by atoms with van der Waals surface area (Å²) in [5, 5.41) is 6.12. The summed E-state index contributed by atoms with van der Waals surface area (Å²) in [5.41, 5.74) is 4.78. The van der Waals surface area contributed by atoms with E-state index >= 15 is 0 Å². The van der Waals surface area contributed by atoms with Crippen LogP contribution < -0.4 is 11.1 Å². The average molecular weight is 537 g/mol. The lowest BCUT2D eigenvalue weighted by Gasteiger charge is -2.11. The van der Waals surface area contributed by atoms with E-state index in [-0.39, 0.29) is 31.4 Å². The molecule has 1 aliphatic carbocycles. The van der Waals surface area contributed by atoms with Crippen LogP contribution in [0.2, 0.25) is 0 Å². The molecule has 3 N–H and O–H groups in total. The minimum absolute atomic E-state index is 0.0223. The van der Waals surface area contributed by atoms with Gasteiger partial charge < -0.3 is 15.8 Å². The molecule has 1 saturated carbocycles. The monoisotopic (exact) mass is 536 g/mol. The van der Waals surface area contributed by atoms with Crippen LogP contribution in [-0.4, -0.2) is 33.7 Å². The molecule has 0 spiro atoms. The van der Waals surface area contributed by atoms with Gasteiger partial charge in [-0.1, -0.05) is 0 Å². The van der Waals surface area contributed by atoms with Crippen LogP contribution in [0.5, 0.6) is 0 Å². The number of nitrogens with two attached hydrogens (primary N) is 1. The number of nitrogens with one attached hydrogen (secondary N) is 1. The summed E-state index contributed by atoms with van der Waals surface area (Å²) in [4.78, 5) is 37.0. The van der Waals surface area contributed by atoms with Gasteiger partial charge in [0.15, 0.2) is 5.69 Å². The number of esters is 1. The third-order valence-corrected chi connectivity index (χ3v) is 6.63. The number of thiophene rings is 1. The summed E-state index contributed by atoms with van der Waals surface area (Å²) in [6.07, 6.45) is -3.74. The van der Waals surface area contributed by atoms with Crippen LogP contribution in [0, 0.1) is 6.92 Å². The van der Waals surface area contributed by atoms with Crippen LogP contribution in [0.3, 0.4) is 0 Å². The quantitative estimate of drug-likeness (QED) is 0.514. The Kier molecular flexibility index (Phi) is 6.70. The van der Waals surface area contributed by atoms with E-state index in [1.807, 2.05) is 0 Å². The van der Waals surface area contributed by atoms with Gasteiger partial charge in [-0.2, -0.15) is 18.3 Å². The third kappa shape index (κ3) is 4.98. The van der Waals surface area contributed by atoms with Crippen molar-refractivity contribution in [3.63, 3.8) is 0 Å². The van der Waals surface area contributed by atoms with E-state index in [0.717, 1.165) is 16.0 Å². The lowest BCUT2D eigenvalue weighted by molar-refractivity contribution is -0.142. The van der Waals surface area contributed by atoms with Gasteiger partial charge in [0.05, 0.1) is 26.7 Å². The second kappa shape index (κ2) is 8.85. The maximum absolute atomic E-state index is 13.3. The summed E-state index contributed by atoms with van der Waals surface area (Å²) in [5.74, 6) is -2.38. The molecule has 3 rings (SSSR count). The van der Waals surface area contributed by atoms with Gasteiger partial charge in [0, 0.05) is 5.92 Å². The molecule has 0 saturated heterocycles. The highest BCUT2D eigenvalue weighted by molar-refractivity contribution is 9.10. The molecule has 0 radical (unpaired) electrons. The van der Waals surface area contributed by atoms with Crippen molar-refractivity contribution in [2.75, 3.05) is 5.32 Å². The standard InChI is InChI=1S/C19H20BrF3N4O4S/c1-7(2)31-18(30)11-8(3)14(16(24)29)32-17(11)25-10(28)6-27-13(9-4-5-9)12(20)15(26-27)19(21,22)23/h7,9H,4-6H2,1-3H3,(H2,24,29)(H,25,28). The first-order valence-corrected chi connectivity index (χ1v) is 11.2. The summed E-state index contributed by atoms with van der Waals surface area (Å²) in [6.45, 7) is 4.26. The minimum atomic E-state index is -4.68. The molecule has 174 valence electrons. The number of halogens is 4. The average Bonchev–Trinajstić information content (AvgIpc) is 3.33. The largest absolute Gasteiger partial charge is 0.459 e. The van der Waals surface area contributed by atoms with Gasteiger partial charge in [-0.3, -0.25) is 14.3 Å². The molecule has 13 heteroatoms. The van der Waals surface area contributed by atoms with Gasteiger partial charge in [0.2, 0.25) is 5.91 Å². The Morgan fingerprint density at radius 2 is 1.97 bits per heavy atom. The highest BCUT2D eigenvalue weighted by Crippen LogP contribution is 2.47. The fraction of sp³-hybridized carbons (Fsp3) is 0.474. The molecule has 0 aliphatic heterocycles. The normalized spacial score (nSPS) is 14.0. The van der Waals surface area contributed by atoms with Crippen molar-refractivity contribution < 1.29 is 32.3 Å². The van der Waals surface area contributed by atoms with Crippen molar-refractivity contribution in [2.45, 2.75) is 58.4 Å². The van der Waals surface area contributed by atoms with Crippen LogP contribution in [0.25, 0.3) is 0 Å². The second-order valence-electron chi connectivity index (χ2n) is 7.60. The van der Waals surface area contributed by atoms with Gasteiger partial charge >= 0.3 is 12.1 Å². The number of anilines is 1. The first kappa shape index (κ1) is 24.2. The molecule has 0 unspecified atom stereocenters. The lowest BCUT2D eigenvalue weighted by atomic mass is 10.1. The van der Waals surface area contributed by atoms with Crippen molar-refractivity contribution in [1.82, 2.24) is 9.78 Å². The highest BCUT2D eigenvalue weighted by Gasteiger charge is 2.42. The van der Waals surface area contributed by atoms with Crippen LogP contribution in [0.15, 0.2) is 4.47 Å². The van der Waals surface area contributed by atoms with Crippen LogP contribution in [0.4, 0.5) is 18.2 Å². The van der Waals surface area contributed by atoms with E-state index in [9.17, 15) is 27.6 Å². The maximum Gasteiger partial charge on any atom is 0.436 e. The van der Waals surface area contributed by atoms with E-state index in [2.05, 4.69) is 26.3 Å². The van der Waals surface area contributed by atoms with Crippen molar-refractivity contribution in [3.05, 3.63) is 31.9 Å². The number of ether oxygens (including phenoxy) is 1. The zero-order valence-electron chi connectivity index (χ0n) is 17.3. The van der Waals surface area contributed by atoms with E-state index in [1.165, 1.54) is 6.92 Å². The number of nitrogens with zero attached hydrogens (tertiary/aromatic N) is 2. The number of aromatic nitrogens is 2. The molecule has 2 amide bonds. The highest BCUT2D eigenvalue weighted by atomic mass is 79.9. The number of hydrogen-bond acceptors (Lipinski definition) is 6. The zero-order valence-corrected chi connectivity index (χ0v) is 19.7. The van der Waals surface area contributed by atoms with E-state index in [0.29, 0.717) is 18.5 Å². The zero-order chi connectivity index (χ0) is 24.0. The second-order valence-corrected chi connectivity index (χ2v) is 9.42. The summed E-state index contributed by atoms with van der Waals surface area (Å²) in [7, 11) is 0. The number of carbonyl (C=O) groups is 3. The fourth-order valence-corrected chi connectivity index (χ4v) is 5.05. The first-order chi connectivity index (χ1) is 14.8. The molecular formula is C19H20BrF3N4O4S. The Bertz CT molecular complexity index is 1090. The molecule has 2 aromatic heterocycles. The molecule has 2 aromatic rings. The molecule has 0 bridgehead atoms. The third-order valence-electron chi connectivity index (χ3n) is 4.63. The maximum atomic E-state index is 13.3. The smallest absolute Gasteiger partial charge is 0.436 e. The van der Waals surface area contributed by atoms with Crippen molar-refractivity contribution in [1.29, 1.82) is 0 Å². The van der Waals surface area contributed by atoms with Gasteiger partial charge in [0.25, 0.3) is 5.91 Å². The number of primary amides is 1. The molecule has 1 aliphatic rings. The van der Waals surface area contributed by atoms with Crippen molar-refractivity contribution in [3.8, 4) is 0 Å². The first-order valence-electron chi connectivity index (χ1n) is 9.58. The topological polar surface area (TPSA) is 116 Å². The number of amides is 2. The molecule has 8 nitrogen and oxygen atoms in total. The SMILES string of the molecule is Cc1c(C(N)=O)sc(NC(=O)Cn2nc(C(F)(F)F)c(Br)c2C2CC2)c1C(=O)OC(C)C. The van der Waals surface area contributed by atoms with Crippen LogP contribution >= 0.6 is 27.3 Å². The van der Waals surface area contributed by atoms with Gasteiger partial charge in [-0.05, 0) is 55.1 Å². The van der Waals surface area contributed by atoms with Crippen LogP contribution in [0.1, 0.15) is 69.6 Å². The van der Waals surface area contributed by atoms with Gasteiger partial charge in [0.1, 0.15) is 11.5 Å². The fourth-order valence-electron chi connectivity index (χ4n) is 3.16. The molecule has 1 fully saturated rings. The van der Waals surface area contributed by atoms with E-state index < -0.39 is 42.3 Å². The predicted octanol–water partition coefficient (Wildman–Crippen LogP) is 4.21. The Labute approximate surface area is 193 Å². The molecule has 32 heavy (non-hydrogen) atoms. The minimum Gasteiger partial charge on any atom is -0.459 e. The molecule has 2 heterocycles.